The van der Waals surface area contributed by atoms with E-state index in [1.54, 1.807) is 31.4 Å². The minimum absolute atomic E-state index is 0.0638. The van der Waals surface area contributed by atoms with Crippen LogP contribution in [0.25, 0.3) is 28.6 Å². The molecule has 2 heterocycles. The molecular weight excluding hydrogens is 556 g/mol. The van der Waals surface area contributed by atoms with E-state index in [1.165, 1.54) is 6.08 Å². The van der Waals surface area contributed by atoms with Crippen LogP contribution in [0.1, 0.15) is 27.4 Å². The molecule has 2 aromatic heterocycles. The number of ketones is 1. The normalized spacial score (nSPS) is 11.0. The third-order valence-corrected chi connectivity index (χ3v) is 6.77. The van der Waals surface area contributed by atoms with Gasteiger partial charge >= 0.3 is 0 Å². The fraction of sp³-hybridized carbons (Fsp3) is 0.0833. The molecular formula is C36H28N2O6. The van der Waals surface area contributed by atoms with Crippen LogP contribution in [0, 0.1) is 0 Å². The molecule has 218 valence electrons. The maximum absolute atomic E-state index is 13.3. The van der Waals surface area contributed by atoms with Crippen molar-refractivity contribution in [3.05, 3.63) is 144 Å². The molecule has 8 heteroatoms. The number of allylic oxidation sites excluding steroid dienone is 1. The van der Waals surface area contributed by atoms with Gasteiger partial charge in [-0.1, -0.05) is 89.2 Å². The molecule has 0 spiro atoms. The first-order valence-electron chi connectivity index (χ1n) is 13.9. The summed E-state index contributed by atoms with van der Waals surface area (Å²) in [5.74, 6) is 2.42. The number of ether oxygens (including phenoxy) is 3. The Balaban J connectivity index is 1.20. The van der Waals surface area contributed by atoms with Crippen LogP contribution in [-0.4, -0.2) is 23.2 Å². The summed E-state index contributed by atoms with van der Waals surface area (Å²) >= 11 is 0. The van der Waals surface area contributed by atoms with E-state index in [0.29, 0.717) is 34.3 Å². The van der Waals surface area contributed by atoms with Crippen LogP contribution in [0.3, 0.4) is 0 Å². The molecule has 0 aliphatic carbocycles. The van der Waals surface area contributed by atoms with Crippen molar-refractivity contribution in [1.82, 2.24) is 10.3 Å². The minimum Gasteiger partial charge on any atom is -0.497 e. The lowest BCUT2D eigenvalue weighted by atomic mass is 10.1. The molecule has 0 N–H and O–H groups in total. The molecule has 6 rings (SSSR count). The monoisotopic (exact) mass is 584 g/mol. The second kappa shape index (κ2) is 13.4. The zero-order chi connectivity index (χ0) is 30.1. The quantitative estimate of drug-likeness (QED) is 0.105. The summed E-state index contributed by atoms with van der Waals surface area (Å²) in [7, 11) is 1.61. The number of aromatic nitrogens is 2. The predicted molar refractivity (Wildman–Crippen MR) is 165 cm³/mol. The molecule has 8 nitrogen and oxygen atoms in total. The third-order valence-electron chi connectivity index (χ3n) is 6.77. The summed E-state index contributed by atoms with van der Waals surface area (Å²) in [6.07, 6.45) is 3.25. The highest BCUT2D eigenvalue weighted by molar-refractivity contribution is 6.08. The number of methoxy groups -OCH3 is 1. The molecule has 6 aromatic rings. The van der Waals surface area contributed by atoms with Gasteiger partial charge in [-0.05, 0) is 35.9 Å². The number of hydrogen-bond donors (Lipinski definition) is 0. The van der Waals surface area contributed by atoms with Crippen molar-refractivity contribution in [2.45, 2.75) is 13.2 Å². The van der Waals surface area contributed by atoms with Crippen LogP contribution < -0.4 is 14.2 Å². The Hall–Kier alpha value is -5.89. The minimum atomic E-state index is -0.229. The topological polar surface area (TPSA) is 96.8 Å². The second-order valence-electron chi connectivity index (χ2n) is 9.80. The summed E-state index contributed by atoms with van der Waals surface area (Å²) in [6.45, 7) is 0.209. The molecule has 0 fully saturated rings. The average Bonchev–Trinajstić information content (AvgIpc) is 3.77. The van der Waals surface area contributed by atoms with E-state index < -0.39 is 0 Å². The lowest BCUT2D eigenvalue weighted by molar-refractivity contribution is 0.104. The zero-order valence-electron chi connectivity index (χ0n) is 23.9. The highest BCUT2D eigenvalue weighted by atomic mass is 16.5. The van der Waals surface area contributed by atoms with Gasteiger partial charge in [0, 0.05) is 29.3 Å². The van der Waals surface area contributed by atoms with E-state index in [4.69, 9.17) is 23.3 Å². The molecule has 0 aliphatic heterocycles. The van der Waals surface area contributed by atoms with E-state index in [0.717, 1.165) is 28.1 Å². The first kappa shape index (κ1) is 28.2. The van der Waals surface area contributed by atoms with Gasteiger partial charge in [0.05, 0.1) is 12.7 Å². The van der Waals surface area contributed by atoms with Crippen LogP contribution >= 0.6 is 0 Å². The molecule has 0 saturated carbocycles. The zero-order valence-corrected chi connectivity index (χ0v) is 23.9. The highest BCUT2D eigenvalue weighted by Crippen LogP contribution is 2.29. The van der Waals surface area contributed by atoms with Crippen LogP contribution in [0.15, 0.2) is 130 Å². The maximum atomic E-state index is 13.3. The van der Waals surface area contributed by atoms with E-state index in [1.807, 2.05) is 97.1 Å². The number of nitrogens with zero attached hydrogens (tertiary/aromatic N) is 2. The number of carbonyl (C=O) groups excluding carboxylic acids is 1. The molecule has 0 radical (unpaired) electrons. The molecule has 0 unspecified atom stereocenters. The Kier molecular flexibility index (Phi) is 8.60. The van der Waals surface area contributed by atoms with Gasteiger partial charge in [0.25, 0.3) is 0 Å². The Morgan fingerprint density at radius 1 is 0.682 bits per heavy atom. The van der Waals surface area contributed by atoms with Gasteiger partial charge in [0.2, 0.25) is 0 Å². The second-order valence-corrected chi connectivity index (χ2v) is 9.80. The largest absolute Gasteiger partial charge is 0.497 e. The van der Waals surface area contributed by atoms with E-state index in [2.05, 4.69) is 10.3 Å². The van der Waals surface area contributed by atoms with Crippen molar-refractivity contribution >= 4 is 11.9 Å². The standard InChI is InChI=1S/C36H28N2O6/c1-40-28-15-12-25(13-16-28)14-19-35(39)32-18-17-29(41-23-30-20-33(37-43-30)26-8-4-2-5-9-26)22-36(32)42-24-31-21-34(38-44-31)27-10-6-3-7-11-27/h2-22H,23-24H2,1H3/b19-14+. The van der Waals surface area contributed by atoms with Crippen molar-refractivity contribution in [2.75, 3.05) is 7.11 Å². The summed E-state index contributed by atoms with van der Waals surface area (Å²) in [5.41, 5.74) is 4.53. The predicted octanol–water partition coefficient (Wildman–Crippen LogP) is 8.06. The Labute approximate surface area is 254 Å². The first-order valence-corrected chi connectivity index (χ1v) is 13.9. The SMILES string of the molecule is COc1ccc(/C=C/C(=O)c2ccc(OCc3cc(-c4ccccc4)no3)cc2OCc2cc(-c3ccccc3)no2)cc1. The molecule has 0 saturated heterocycles. The molecule has 0 amide bonds. The summed E-state index contributed by atoms with van der Waals surface area (Å²) in [6, 6.07) is 35.6. The van der Waals surface area contributed by atoms with Crippen molar-refractivity contribution in [3.8, 4) is 39.8 Å². The van der Waals surface area contributed by atoms with Crippen molar-refractivity contribution in [2.24, 2.45) is 0 Å². The van der Waals surface area contributed by atoms with Crippen LogP contribution in [0.5, 0.6) is 17.2 Å². The number of carbonyl (C=O) groups is 1. The fourth-order valence-electron chi connectivity index (χ4n) is 4.45. The van der Waals surface area contributed by atoms with Crippen molar-refractivity contribution in [1.29, 1.82) is 0 Å². The van der Waals surface area contributed by atoms with Crippen molar-refractivity contribution < 1.29 is 28.1 Å². The van der Waals surface area contributed by atoms with Gasteiger partial charge in [-0.2, -0.15) is 0 Å². The van der Waals surface area contributed by atoms with Crippen molar-refractivity contribution in [3.63, 3.8) is 0 Å². The summed E-state index contributed by atoms with van der Waals surface area (Å²) < 4.78 is 28.3. The maximum Gasteiger partial charge on any atom is 0.189 e. The number of benzene rings is 4. The molecule has 0 aliphatic rings. The lowest BCUT2D eigenvalue weighted by Gasteiger charge is -2.11. The third kappa shape index (κ3) is 6.94. The van der Waals surface area contributed by atoms with Crippen LogP contribution in [0.4, 0.5) is 0 Å². The van der Waals surface area contributed by atoms with E-state index in [9.17, 15) is 4.79 Å². The lowest BCUT2D eigenvalue weighted by Crippen LogP contribution is -2.03. The smallest absolute Gasteiger partial charge is 0.189 e. The average molecular weight is 585 g/mol. The number of hydrogen-bond acceptors (Lipinski definition) is 8. The molecule has 0 bridgehead atoms. The Bertz CT molecular complexity index is 1860. The molecule has 44 heavy (non-hydrogen) atoms. The Morgan fingerprint density at radius 2 is 1.25 bits per heavy atom. The van der Waals surface area contributed by atoms with Gasteiger partial charge in [-0.25, -0.2) is 0 Å². The molecule has 0 atom stereocenters. The van der Waals surface area contributed by atoms with Gasteiger partial charge in [-0.3, -0.25) is 4.79 Å². The number of rotatable bonds is 12. The van der Waals surface area contributed by atoms with E-state index >= 15 is 0 Å². The van der Waals surface area contributed by atoms with Gasteiger partial charge < -0.3 is 23.3 Å². The van der Waals surface area contributed by atoms with Gasteiger partial charge in [0.15, 0.2) is 17.3 Å². The van der Waals surface area contributed by atoms with Gasteiger partial charge in [-0.15, -0.1) is 0 Å². The fourth-order valence-corrected chi connectivity index (χ4v) is 4.45. The molecule has 4 aromatic carbocycles. The highest BCUT2D eigenvalue weighted by Gasteiger charge is 2.15. The van der Waals surface area contributed by atoms with Crippen LogP contribution in [-0.2, 0) is 13.2 Å². The summed E-state index contributed by atoms with van der Waals surface area (Å²) in [5, 5.41) is 8.29. The Morgan fingerprint density at radius 3 is 1.84 bits per heavy atom. The first-order chi connectivity index (χ1) is 21.6. The summed E-state index contributed by atoms with van der Waals surface area (Å²) in [4.78, 5) is 13.3. The van der Waals surface area contributed by atoms with E-state index in [-0.39, 0.29) is 19.0 Å². The van der Waals surface area contributed by atoms with Crippen LogP contribution in [0.2, 0.25) is 0 Å². The van der Waals surface area contributed by atoms with Gasteiger partial charge in [0.1, 0.15) is 41.9 Å².